The molecule has 104 valence electrons. The SMILES string of the molecule is Cc1ccc(C#N)cc1S(=O)(=O)N1CC[C@@H](N)C1.Cl. The fourth-order valence-corrected chi connectivity index (χ4v) is 3.82. The molecule has 5 nitrogen and oxygen atoms in total. The minimum Gasteiger partial charge on any atom is -0.326 e. The van der Waals surface area contributed by atoms with Crippen molar-refractivity contribution in [1.82, 2.24) is 4.31 Å². The van der Waals surface area contributed by atoms with Crippen molar-refractivity contribution in [2.45, 2.75) is 24.3 Å². The highest BCUT2D eigenvalue weighted by Gasteiger charge is 2.31. The molecule has 0 bridgehead atoms. The lowest BCUT2D eigenvalue weighted by atomic mass is 10.2. The van der Waals surface area contributed by atoms with Gasteiger partial charge in [-0.3, -0.25) is 0 Å². The number of halogens is 1. The van der Waals surface area contributed by atoms with Gasteiger partial charge >= 0.3 is 0 Å². The predicted molar refractivity (Wildman–Crippen MR) is 74.5 cm³/mol. The van der Waals surface area contributed by atoms with Crippen LogP contribution < -0.4 is 5.73 Å². The molecule has 7 heteroatoms. The molecule has 1 fully saturated rings. The molecule has 1 atom stereocenters. The number of sulfonamides is 1. The lowest BCUT2D eigenvalue weighted by Crippen LogP contribution is -2.32. The van der Waals surface area contributed by atoms with Crippen LogP contribution in [0.3, 0.4) is 0 Å². The number of benzene rings is 1. The minimum atomic E-state index is -3.53. The van der Waals surface area contributed by atoms with E-state index in [0.29, 0.717) is 30.6 Å². The van der Waals surface area contributed by atoms with Gasteiger partial charge in [0.15, 0.2) is 0 Å². The zero-order valence-electron chi connectivity index (χ0n) is 10.5. The van der Waals surface area contributed by atoms with Gasteiger partial charge in [-0.2, -0.15) is 9.57 Å². The Labute approximate surface area is 119 Å². The largest absolute Gasteiger partial charge is 0.326 e. The Hall–Kier alpha value is -1.13. The fraction of sp³-hybridized carbons (Fsp3) is 0.417. The van der Waals surface area contributed by atoms with Gasteiger partial charge in [0.2, 0.25) is 10.0 Å². The molecule has 1 saturated heterocycles. The molecule has 0 radical (unpaired) electrons. The van der Waals surface area contributed by atoms with Crippen molar-refractivity contribution in [3.63, 3.8) is 0 Å². The van der Waals surface area contributed by atoms with Gasteiger partial charge in [-0.25, -0.2) is 8.42 Å². The quantitative estimate of drug-likeness (QED) is 0.883. The summed E-state index contributed by atoms with van der Waals surface area (Å²) in [6, 6.07) is 6.55. The van der Waals surface area contributed by atoms with Crippen LogP contribution in [0.15, 0.2) is 23.1 Å². The van der Waals surface area contributed by atoms with E-state index in [1.54, 1.807) is 19.1 Å². The topological polar surface area (TPSA) is 87.2 Å². The minimum absolute atomic E-state index is 0. The van der Waals surface area contributed by atoms with E-state index in [1.165, 1.54) is 10.4 Å². The highest BCUT2D eigenvalue weighted by molar-refractivity contribution is 7.89. The van der Waals surface area contributed by atoms with Crippen LogP contribution in [-0.2, 0) is 10.0 Å². The van der Waals surface area contributed by atoms with Crippen molar-refractivity contribution in [2.75, 3.05) is 13.1 Å². The van der Waals surface area contributed by atoms with Crippen molar-refractivity contribution in [1.29, 1.82) is 5.26 Å². The van der Waals surface area contributed by atoms with E-state index >= 15 is 0 Å². The average Bonchev–Trinajstić information content (AvgIpc) is 2.77. The summed E-state index contributed by atoms with van der Waals surface area (Å²) in [6.07, 6.45) is 0.677. The highest BCUT2D eigenvalue weighted by atomic mass is 35.5. The molecular weight excluding hydrogens is 286 g/mol. The normalized spacial score (nSPS) is 19.7. The monoisotopic (exact) mass is 301 g/mol. The van der Waals surface area contributed by atoms with Crippen molar-refractivity contribution in [3.8, 4) is 6.07 Å². The van der Waals surface area contributed by atoms with E-state index in [-0.39, 0.29) is 23.3 Å². The highest BCUT2D eigenvalue weighted by Crippen LogP contribution is 2.24. The van der Waals surface area contributed by atoms with Gasteiger partial charge in [0.05, 0.1) is 16.5 Å². The van der Waals surface area contributed by atoms with Gasteiger partial charge < -0.3 is 5.73 Å². The number of nitriles is 1. The zero-order chi connectivity index (χ0) is 13.3. The first-order valence-electron chi connectivity index (χ1n) is 5.71. The fourth-order valence-electron chi connectivity index (χ4n) is 2.06. The van der Waals surface area contributed by atoms with Crippen LogP contribution in [0.25, 0.3) is 0 Å². The number of hydrogen-bond acceptors (Lipinski definition) is 4. The molecule has 2 N–H and O–H groups in total. The third kappa shape index (κ3) is 3.07. The molecule has 0 unspecified atom stereocenters. The Balaban J connectivity index is 0.00000180. The Morgan fingerprint density at radius 1 is 1.47 bits per heavy atom. The Bertz CT molecular complexity index is 610. The number of hydrogen-bond donors (Lipinski definition) is 1. The summed E-state index contributed by atoms with van der Waals surface area (Å²) in [5.41, 5.74) is 6.73. The third-order valence-corrected chi connectivity index (χ3v) is 5.13. The van der Waals surface area contributed by atoms with Crippen LogP contribution in [0.5, 0.6) is 0 Å². The zero-order valence-corrected chi connectivity index (χ0v) is 12.2. The molecule has 1 heterocycles. The van der Waals surface area contributed by atoms with Crippen molar-refractivity contribution >= 4 is 22.4 Å². The molecule has 0 saturated carbocycles. The molecule has 1 aliphatic heterocycles. The standard InChI is InChI=1S/C12H15N3O2S.ClH/c1-9-2-3-10(7-13)6-12(9)18(16,17)15-5-4-11(14)8-15;/h2-3,6,11H,4-5,8,14H2,1H3;1H/t11-;/m1./s1. The maximum Gasteiger partial charge on any atom is 0.243 e. The van der Waals surface area contributed by atoms with Gasteiger partial charge in [0.25, 0.3) is 0 Å². The molecule has 0 aliphatic carbocycles. The maximum absolute atomic E-state index is 12.4. The molecule has 2 rings (SSSR count). The van der Waals surface area contributed by atoms with Crippen LogP contribution >= 0.6 is 12.4 Å². The maximum atomic E-state index is 12.4. The number of aryl methyl sites for hydroxylation is 1. The molecule has 0 amide bonds. The Morgan fingerprint density at radius 2 is 2.16 bits per heavy atom. The second kappa shape index (κ2) is 5.88. The van der Waals surface area contributed by atoms with Crippen molar-refractivity contribution in [3.05, 3.63) is 29.3 Å². The first-order valence-corrected chi connectivity index (χ1v) is 7.15. The van der Waals surface area contributed by atoms with E-state index in [9.17, 15) is 8.42 Å². The van der Waals surface area contributed by atoms with E-state index < -0.39 is 10.0 Å². The van der Waals surface area contributed by atoms with Crippen molar-refractivity contribution < 1.29 is 8.42 Å². The van der Waals surface area contributed by atoms with Gasteiger partial charge in [0, 0.05) is 19.1 Å². The average molecular weight is 302 g/mol. The molecule has 0 spiro atoms. The van der Waals surface area contributed by atoms with Gasteiger partial charge in [-0.05, 0) is 31.0 Å². The number of nitrogens with two attached hydrogens (primary N) is 1. The van der Waals surface area contributed by atoms with Crippen molar-refractivity contribution in [2.24, 2.45) is 5.73 Å². The van der Waals surface area contributed by atoms with Crippen LogP contribution in [0.4, 0.5) is 0 Å². The van der Waals surface area contributed by atoms with Crippen LogP contribution in [-0.4, -0.2) is 31.9 Å². The number of rotatable bonds is 2. The van der Waals surface area contributed by atoms with Crippen LogP contribution in [0.2, 0.25) is 0 Å². The summed E-state index contributed by atoms with van der Waals surface area (Å²) >= 11 is 0. The van der Waals surface area contributed by atoms with Gasteiger partial charge in [-0.15, -0.1) is 12.4 Å². The van der Waals surface area contributed by atoms with Gasteiger partial charge in [0.1, 0.15) is 0 Å². The van der Waals surface area contributed by atoms with E-state index in [4.69, 9.17) is 11.0 Å². The van der Waals surface area contributed by atoms with E-state index in [1.807, 2.05) is 6.07 Å². The summed E-state index contributed by atoms with van der Waals surface area (Å²) in [4.78, 5) is 0.204. The summed E-state index contributed by atoms with van der Waals surface area (Å²) in [5, 5.41) is 8.85. The van der Waals surface area contributed by atoms with Crippen LogP contribution in [0.1, 0.15) is 17.5 Å². The predicted octanol–water partition coefficient (Wildman–Crippen LogP) is 1.01. The summed E-state index contributed by atoms with van der Waals surface area (Å²) < 4.78 is 26.2. The summed E-state index contributed by atoms with van der Waals surface area (Å²) in [5.74, 6) is 0. The summed E-state index contributed by atoms with van der Waals surface area (Å²) in [7, 11) is -3.53. The second-order valence-corrected chi connectivity index (χ2v) is 6.41. The molecule has 1 aliphatic rings. The molecule has 19 heavy (non-hydrogen) atoms. The molecular formula is C12H16ClN3O2S. The number of nitrogens with zero attached hydrogens (tertiary/aromatic N) is 2. The first-order chi connectivity index (χ1) is 8.45. The molecule has 1 aromatic carbocycles. The second-order valence-electron chi connectivity index (χ2n) is 4.50. The summed E-state index contributed by atoms with van der Waals surface area (Å²) in [6.45, 7) is 2.52. The smallest absolute Gasteiger partial charge is 0.243 e. The molecule has 1 aromatic rings. The Kier molecular flexibility index (Phi) is 4.93. The lowest BCUT2D eigenvalue weighted by molar-refractivity contribution is 0.472. The lowest BCUT2D eigenvalue weighted by Gasteiger charge is -2.17. The molecule has 0 aromatic heterocycles. The Morgan fingerprint density at radius 3 is 2.68 bits per heavy atom. The third-order valence-electron chi connectivity index (χ3n) is 3.12. The van der Waals surface area contributed by atoms with Crippen LogP contribution in [0, 0.1) is 18.3 Å². The first kappa shape index (κ1) is 15.9. The van der Waals surface area contributed by atoms with E-state index in [2.05, 4.69) is 0 Å². The van der Waals surface area contributed by atoms with Gasteiger partial charge in [-0.1, -0.05) is 6.07 Å². The van der Waals surface area contributed by atoms with E-state index in [0.717, 1.165) is 0 Å².